The van der Waals surface area contributed by atoms with E-state index in [1.165, 1.54) is 71.3 Å². The van der Waals surface area contributed by atoms with Crippen LogP contribution in [-0.4, -0.2) is 36.1 Å². The van der Waals surface area contributed by atoms with Gasteiger partial charge in [-0.15, -0.1) is 0 Å². The Balaban J connectivity index is 3.75. The Hall–Kier alpha value is 0.170. The van der Waals surface area contributed by atoms with Gasteiger partial charge in [-0.2, -0.15) is 23.5 Å². The third-order valence-electron chi connectivity index (χ3n) is 5.14. The van der Waals surface area contributed by atoms with Gasteiger partial charge >= 0.3 is 5.97 Å². The molecular weight excluding hydrogens is 360 g/mol. The SMILES string of the molecule is COC(=O)CCCCC(SC)C(CCCCCCCCCC(C)C)SC. The van der Waals surface area contributed by atoms with Gasteiger partial charge < -0.3 is 4.74 Å². The monoisotopic (exact) mass is 404 g/mol. The number of thioether (sulfide) groups is 2. The predicted octanol–water partition coefficient (Wildman–Crippen LogP) is 7.35. The van der Waals surface area contributed by atoms with Crippen molar-refractivity contribution in [3.05, 3.63) is 0 Å². The first-order chi connectivity index (χ1) is 12.5. The van der Waals surface area contributed by atoms with Crippen LogP contribution in [0, 0.1) is 5.92 Å². The lowest BCUT2D eigenvalue weighted by molar-refractivity contribution is -0.140. The standard InChI is InChI=1S/C22H44O2S2/c1-19(2)15-11-9-7-6-8-10-12-16-20(25-4)21(26-5)17-13-14-18-22(23)24-3/h19-21H,6-18H2,1-5H3. The van der Waals surface area contributed by atoms with Crippen LogP contribution in [0.1, 0.15) is 97.3 Å². The number of hydrogen-bond donors (Lipinski definition) is 0. The Morgan fingerprint density at radius 2 is 1.15 bits per heavy atom. The van der Waals surface area contributed by atoms with Gasteiger partial charge in [0.05, 0.1) is 7.11 Å². The zero-order chi connectivity index (χ0) is 19.6. The highest BCUT2D eigenvalue weighted by Crippen LogP contribution is 2.30. The summed E-state index contributed by atoms with van der Waals surface area (Å²) in [5, 5.41) is 1.48. The number of carbonyl (C=O) groups is 1. The maximum atomic E-state index is 11.2. The molecule has 0 aromatic rings. The topological polar surface area (TPSA) is 26.3 Å². The van der Waals surface area contributed by atoms with Gasteiger partial charge in [-0.05, 0) is 37.7 Å². The Labute approximate surface area is 172 Å². The molecule has 0 aromatic carbocycles. The van der Waals surface area contributed by atoms with Crippen LogP contribution in [0.25, 0.3) is 0 Å². The average Bonchev–Trinajstić information content (AvgIpc) is 2.63. The van der Waals surface area contributed by atoms with Gasteiger partial charge in [0, 0.05) is 16.9 Å². The van der Waals surface area contributed by atoms with E-state index >= 15 is 0 Å². The molecule has 2 atom stereocenters. The fourth-order valence-corrected chi connectivity index (χ4v) is 5.76. The van der Waals surface area contributed by atoms with Gasteiger partial charge in [0.2, 0.25) is 0 Å². The molecule has 0 heterocycles. The molecule has 0 saturated carbocycles. The third kappa shape index (κ3) is 15.2. The molecular formula is C22H44O2S2. The van der Waals surface area contributed by atoms with Crippen LogP contribution in [0.5, 0.6) is 0 Å². The zero-order valence-corrected chi connectivity index (χ0v) is 19.7. The fourth-order valence-electron chi connectivity index (χ4n) is 3.41. The van der Waals surface area contributed by atoms with Crippen LogP contribution < -0.4 is 0 Å². The minimum Gasteiger partial charge on any atom is -0.469 e. The Morgan fingerprint density at radius 1 is 0.731 bits per heavy atom. The molecule has 0 rings (SSSR count). The van der Waals surface area contributed by atoms with Crippen LogP contribution in [0.3, 0.4) is 0 Å². The van der Waals surface area contributed by atoms with Crippen molar-refractivity contribution in [2.24, 2.45) is 5.92 Å². The van der Waals surface area contributed by atoms with Gasteiger partial charge in [0.25, 0.3) is 0 Å². The molecule has 4 heteroatoms. The second-order valence-corrected chi connectivity index (χ2v) is 9.97. The predicted molar refractivity (Wildman–Crippen MR) is 121 cm³/mol. The zero-order valence-electron chi connectivity index (χ0n) is 18.1. The van der Waals surface area contributed by atoms with E-state index in [0.717, 1.165) is 29.3 Å². The summed E-state index contributed by atoms with van der Waals surface area (Å²) >= 11 is 4.05. The molecule has 156 valence electrons. The molecule has 0 amide bonds. The van der Waals surface area contributed by atoms with Crippen molar-refractivity contribution in [3.8, 4) is 0 Å². The maximum absolute atomic E-state index is 11.2. The summed E-state index contributed by atoms with van der Waals surface area (Å²) in [6, 6.07) is 0. The van der Waals surface area contributed by atoms with Crippen molar-refractivity contribution < 1.29 is 9.53 Å². The minimum atomic E-state index is -0.0728. The molecule has 0 fully saturated rings. The van der Waals surface area contributed by atoms with Crippen LogP contribution in [-0.2, 0) is 9.53 Å². The lowest BCUT2D eigenvalue weighted by Crippen LogP contribution is -2.20. The lowest BCUT2D eigenvalue weighted by Gasteiger charge is -2.24. The first-order valence-corrected chi connectivity index (χ1v) is 13.2. The maximum Gasteiger partial charge on any atom is 0.305 e. The average molecular weight is 405 g/mol. The summed E-state index contributed by atoms with van der Waals surface area (Å²) in [6.45, 7) is 4.65. The lowest BCUT2D eigenvalue weighted by atomic mass is 10.0. The number of hydrogen-bond acceptors (Lipinski definition) is 4. The van der Waals surface area contributed by atoms with E-state index < -0.39 is 0 Å². The first kappa shape index (κ1) is 26.2. The summed E-state index contributed by atoms with van der Waals surface area (Å²) in [5.74, 6) is 0.791. The van der Waals surface area contributed by atoms with E-state index in [4.69, 9.17) is 4.74 Å². The molecule has 0 spiro atoms. The molecule has 0 saturated heterocycles. The first-order valence-electron chi connectivity index (χ1n) is 10.7. The van der Waals surface area contributed by atoms with Gasteiger partial charge in [0.15, 0.2) is 0 Å². The van der Waals surface area contributed by atoms with E-state index in [1.807, 2.05) is 23.5 Å². The van der Waals surface area contributed by atoms with Gasteiger partial charge in [0.1, 0.15) is 0 Å². The molecule has 2 nitrogen and oxygen atoms in total. The van der Waals surface area contributed by atoms with Crippen LogP contribution >= 0.6 is 23.5 Å². The highest BCUT2D eigenvalue weighted by atomic mass is 32.2. The van der Waals surface area contributed by atoms with Gasteiger partial charge in [-0.3, -0.25) is 4.79 Å². The van der Waals surface area contributed by atoms with E-state index in [9.17, 15) is 4.79 Å². The largest absolute Gasteiger partial charge is 0.469 e. The van der Waals surface area contributed by atoms with Crippen molar-refractivity contribution in [1.82, 2.24) is 0 Å². The third-order valence-corrected chi connectivity index (χ3v) is 7.65. The molecule has 26 heavy (non-hydrogen) atoms. The van der Waals surface area contributed by atoms with E-state index in [0.29, 0.717) is 6.42 Å². The fraction of sp³-hybridized carbons (Fsp3) is 0.955. The molecule has 0 aliphatic rings. The Morgan fingerprint density at radius 3 is 1.58 bits per heavy atom. The van der Waals surface area contributed by atoms with Gasteiger partial charge in [-0.1, -0.05) is 71.6 Å². The summed E-state index contributed by atoms with van der Waals surface area (Å²) in [7, 11) is 1.47. The molecule has 0 aliphatic carbocycles. The smallest absolute Gasteiger partial charge is 0.305 e. The molecule has 0 bridgehead atoms. The highest BCUT2D eigenvalue weighted by Gasteiger charge is 2.19. The van der Waals surface area contributed by atoms with E-state index in [2.05, 4.69) is 26.4 Å². The number of ether oxygens (including phenoxy) is 1. The van der Waals surface area contributed by atoms with Crippen LogP contribution in [0.2, 0.25) is 0 Å². The molecule has 0 N–H and O–H groups in total. The second kappa shape index (κ2) is 18.5. The van der Waals surface area contributed by atoms with Crippen LogP contribution in [0.4, 0.5) is 0 Å². The summed E-state index contributed by atoms with van der Waals surface area (Å²) in [6.07, 6.45) is 21.0. The quantitative estimate of drug-likeness (QED) is 0.176. The van der Waals surface area contributed by atoms with Crippen molar-refractivity contribution in [2.75, 3.05) is 19.6 Å². The molecule has 0 aromatic heterocycles. The van der Waals surface area contributed by atoms with Crippen molar-refractivity contribution in [1.29, 1.82) is 0 Å². The number of rotatable bonds is 18. The van der Waals surface area contributed by atoms with E-state index in [-0.39, 0.29) is 5.97 Å². The molecule has 2 unspecified atom stereocenters. The summed E-state index contributed by atoms with van der Waals surface area (Å²) < 4.78 is 4.72. The summed E-state index contributed by atoms with van der Waals surface area (Å²) in [5.41, 5.74) is 0. The number of esters is 1. The van der Waals surface area contributed by atoms with Crippen LogP contribution in [0.15, 0.2) is 0 Å². The van der Waals surface area contributed by atoms with Crippen molar-refractivity contribution >= 4 is 29.5 Å². The summed E-state index contributed by atoms with van der Waals surface area (Å²) in [4.78, 5) is 11.2. The second-order valence-electron chi connectivity index (χ2n) is 7.82. The normalized spacial score (nSPS) is 13.8. The van der Waals surface area contributed by atoms with E-state index in [1.54, 1.807) is 0 Å². The van der Waals surface area contributed by atoms with Gasteiger partial charge in [-0.25, -0.2) is 0 Å². The minimum absolute atomic E-state index is 0.0728. The van der Waals surface area contributed by atoms with Crippen molar-refractivity contribution in [3.63, 3.8) is 0 Å². The molecule has 0 radical (unpaired) electrons. The van der Waals surface area contributed by atoms with Crippen molar-refractivity contribution in [2.45, 2.75) is 108 Å². The molecule has 0 aliphatic heterocycles. The number of carbonyl (C=O) groups excluding carboxylic acids is 1. The Bertz CT molecular complexity index is 321. The number of unbranched alkanes of at least 4 members (excludes halogenated alkanes) is 7. The Kier molecular flexibility index (Phi) is 18.7. The highest BCUT2D eigenvalue weighted by molar-refractivity contribution is 8.03. The number of methoxy groups -OCH3 is 1.